The summed E-state index contributed by atoms with van der Waals surface area (Å²) in [6, 6.07) is 12.8. The van der Waals surface area contributed by atoms with Gasteiger partial charge in [0.15, 0.2) is 0 Å². The van der Waals surface area contributed by atoms with E-state index in [0.29, 0.717) is 24.3 Å². The summed E-state index contributed by atoms with van der Waals surface area (Å²) in [5.41, 5.74) is 1.97. The molecule has 27 heavy (non-hydrogen) atoms. The van der Waals surface area contributed by atoms with Crippen LogP contribution in [0.5, 0.6) is 0 Å². The zero-order valence-corrected chi connectivity index (χ0v) is 15.3. The molecule has 0 aliphatic heterocycles. The van der Waals surface area contributed by atoms with Crippen molar-refractivity contribution < 1.29 is 18.8 Å². The van der Waals surface area contributed by atoms with E-state index in [4.69, 9.17) is 0 Å². The van der Waals surface area contributed by atoms with Crippen LogP contribution < -0.4 is 15.5 Å². The molecular weight excluding hydrogens is 349 g/mol. The summed E-state index contributed by atoms with van der Waals surface area (Å²) in [7, 11) is 0. The number of hydrogen-bond acceptors (Lipinski definition) is 3. The number of nitrogens with zero attached hydrogens (tertiary/aromatic N) is 1. The van der Waals surface area contributed by atoms with Crippen molar-refractivity contribution in [2.24, 2.45) is 0 Å². The van der Waals surface area contributed by atoms with Crippen molar-refractivity contribution in [2.75, 3.05) is 23.3 Å². The van der Waals surface area contributed by atoms with Gasteiger partial charge in [0.05, 0.1) is 0 Å². The Balaban J connectivity index is 1.95. The molecule has 2 aromatic carbocycles. The van der Waals surface area contributed by atoms with Gasteiger partial charge in [-0.15, -0.1) is 0 Å². The summed E-state index contributed by atoms with van der Waals surface area (Å²) in [4.78, 5) is 36.7. The fraction of sp³-hybridized carbons (Fsp3) is 0.250. The van der Waals surface area contributed by atoms with Crippen LogP contribution in [0.1, 0.15) is 19.4 Å². The number of nitrogens with one attached hydrogen (secondary N) is 2. The van der Waals surface area contributed by atoms with E-state index >= 15 is 0 Å². The van der Waals surface area contributed by atoms with Gasteiger partial charge in [0.2, 0.25) is 17.7 Å². The van der Waals surface area contributed by atoms with Crippen molar-refractivity contribution >= 4 is 29.1 Å². The Morgan fingerprint density at radius 2 is 1.74 bits per heavy atom. The van der Waals surface area contributed by atoms with Gasteiger partial charge in [-0.1, -0.05) is 18.2 Å². The maximum atomic E-state index is 12.9. The lowest BCUT2D eigenvalue weighted by Gasteiger charge is -2.21. The molecule has 2 N–H and O–H groups in total. The van der Waals surface area contributed by atoms with E-state index in [0.717, 1.165) is 5.56 Å². The molecular formula is C20H22FN3O3. The van der Waals surface area contributed by atoms with Gasteiger partial charge in [-0.3, -0.25) is 14.4 Å². The summed E-state index contributed by atoms with van der Waals surface area (Å²) in [6.45, 7) is 3.01. The molecule has 0 atom stereocenters. The maximum absolute atomic E-state index is 12.9. The van der Waals surface area contributed by atoms with Gasteiger partial charge in [-0.05, 0) is 42.3 Å². The molecule has 3 amide bonds. The molecule has 0 bridgehead atoms. The predicted molar refractivity (Wildman–Crippen MR) is 102 cm³/mol. The summed E-state index contributed by atoms with van der Waals surface area (Å²) in [5.74, 6) is -1.12. The minimum Gasteiger partial charge on any atom is -0.354 e. The summed E-state index contributed by atoms with van der Waals surface area (Å²) >= 11 is 0. The fourth-order valence-corrected chi connectivity index (χ4v) is 2.54. The molecule has 0 saturated carbocycles. The molecule has 0 unspecified atom stereocenters. The molecule has 142 valence electrons. The van der Waals surface area contributed by atoms with Crippen molar-refractivity contribution in [3.63, 3.8) is 0 Å². The van der Waals surface area contributed by atoms with Gasteiger partial charge >= 0.3 is 0 Å². The average Bonchev–Trinajstić information content (AvgIpc) is 2.61. The van der Waals surface area contributed by atoms with Crippen LogP contribution in [0.2, 0.25) is 0 Å². The van der Waals surface area contributed by atoms with Crippen LogP contribution in [0, 0.1) is 5.82 Å². The topological polar surface area (TPSA) is 78.5 Å². The van der Waals surface area contributed by atoms with E-state index in [9.17, 15) is 18.8 Å². The van der Waals surface area contributed by atoms with Gasteiger partial charge in [-0.2, -0.15) is 0 Å². The van der Waals surface area contributed by atoms with Gasteiger partial charge < -0.3 is 15.5 Å². The molecule has 6 nitrogen and oxygen atoms in total. The highest BCUT2D eigenvalue weighted by molar-refractivity contribution is 5.98. The second-order valence-electron chi connectivity index (χ2n) is 6.06. The van der Waals surface area contributed by atoms with Crippen LogP contribution in [0.15, 0.2) is 48.5 Å². The van der Waals surface area contributed by atoms with Crippen molar-refractivity contribution in [2.45, 2.75) is 20.3 Å². The SMILES string of the molecule is CC(=O)Nc1cccc(N(CC(=O)NCCc2ccc(F)cc2)C(C)=O)c1. The first-order valence-electron chi connectivity index (χ1n) is 8.52. The van der Waals surface area contributed by atoms with Gasteiger partial charge in [0.25, 0.3) is 0 Å². The second-order valence-corrected chi connectivity index (χ2v) is 6.06. The van der Waals surface area contributed by atoms with Crippen LogP contribution in [-0.2, 0) is 20.8 Å². The zero-order chi connectivity index (χ0) is 19.8. The van der Waals surface area contributed by atoms with E-state index < -0.39 is 0 Å². The Hall–Kier alpha value is -3.22. The Kier molecular flexibility index (Phi) is 7.05. The highest BCUT2D eigenvalue weighted by Crippen LogP contribution is 2.19. The van der Waals surface area contributed by atoms with Crippen LogP contribution in [0.25, 0.3) is 0 Å². The third-order valence-corrected chi connectivity index (χ3v) is 3.81. The molecule has 7 heteroatoms. The van der Waals surface area contributed by atoms with Crippen molar-refractivity contribution in [1.29, 1.82) is 0 Å². The van der Waals surface area contributed by atoms with E-state index in [1.807, 2.05) is 0 Å². The van der Waals surface area contributed by atoms with E-state index in [-0.39, 0.29) is 30.1 Å². The Labute approximate surface area is 157 Å². The van der Waals surface area contributed by atoms with Crippen LogP contribution in [0.4, 0.5) is 15.8 Å². The highest BCUT2D eigenvalue weighted by Gasteiger charge is 2.16. The fourth-order valence-electron chi connectivity index (χ4n) is 2.54. The molecule has 2 aromatic rings. The summed E-state index contributed by atoms with van der Waals surface area (Å²) in [5, 5.41) is 5.40. The monoisotopic (exact) mass is 371 g/mol. The lowest BCUT2D eigenvalue weighted by atomic mass is 10.1. The summed E-state index contributed by atoms with van der Waals surface area (Å²) in [6.07, 6.45) is 0.560. The van der Waals surface area contributed by atoms with Crippen molar-refractivity contribution in [3.8, 4) is 0 Å². The highest BCUT2D eigenvalue weighted by atomic mass is 19.1. The molecule has 0 fully saturated rings. The molecule has 0 aliphatic carbocycles. The third-order valence-electron chi connectivity index (χ3n) is 3.81. The molecule has 0 heterocycles. The number of benzene rings is 2. The minimum absolute atomic E-state index is 0.137. The molecule has 0 radical (unpaired) electrons. The number of carbonyl (C=O) groups is 3. The summed E-state index contributed by atoms with van der Waals surface area (Å²) < 4.78 is 12.9. The normalized spacial score (nSPS) is 10.2. The molecule has 2 rings (SSSR count). The first-order chi connectivity index (χ1) is 12.8. The third kappa shape index (κ3) is 6.54. The molecule has 0 aromatic heterocycles. The first-order valence-corrected chi connectivity index (χ1v) is 8.52. The minimum atomic E-state index is -0.308. The molecule has 0 saturated heterocycles. The largest absolute Gasteiger partial charge is 0.354 e. The number of rotatable bonds is 7. The van der Waals surface area contributed by atoms with Crippen LogP contribution >= 0.6 is 0 Å². The quantitative estimate of drug-likeness (QED) is 0.785. The molecule has 0 spiro atoms. The standard InChI is InChI=1S/C20H22FN3O3/c1-14(25)23-18-4-3-5-19(12-18)24(15(2)26)13-20(27)22-11-10-16-6-8-17(21)9-7-16/h3-9,12H,10-11,13H2,1-2H3,(H,22,27)(H,23,25). The van der Waals surface area contributed by atoms with E-state index in [1.54, 1.807) is 36.4 Å². The zero-order valence-electron chi connectivity index (χ0n) is 15.3. The van der Waals surface area contributed by atoms with Crippen LogP contribution in [0.3, 0.4) is 0 Å². The molecule has 0 aliphatic rings. The number of carbonyl (C=O) groups excluding carboxylic acids is 3. The lowest BCUT2D eigenvalue weighted by Crippen LogP contribution is -2.40. The van der Waals surface area contributed by atoms with E-state index in [2.05, 4.69) is 10.6 Å². The average molecular weight is 371 g/mol. The number of hydrogen-bond donors (Lipinski definition) is 2. The number of amides is 3. The van der Waals surface area contributed by atoms with Gasteiger partial charge in [0, 0.05) is 31.8 Å². The van der Waals surface area contributed by atoms with Gasteiger partial charge in [-0.25, -0.2) is 4.39 Å². The maximum Gasteiger partial charge on any atom is 0.240 e. The number of halogens is 1. The predicted octanol–water partition coefficient (Wildman–Crippen LogP) is 2.50. The Bertz CT molecular complexity index is 821. The Morgan fingerprint density at radius 1 is 1.04 bits per heavy atom. The van der Waals surface area contributed by atoms with Crippen molar-refractivity contribution in [1.82, 2.24) is 5.32 Å². The Morgan fingerprint density at radius 3 is 2.37 bits per heavy atom. The smallest absolute Gasteiger partial charge is 0.240 e. The lowest BCUT2D eigenvalue weighted by molar-refractivity contribution is -0.123. The van der Waals surface area contributed by atoms with E-state index in [1.165, 1.54) is 30.9 Å². The van der Waals surface area contributed by atoms with Crippen molar-refractivity contribution in [3.05, 3.63) is 59.9 Å². The second kappa shape index (κ2) is 9.47. The number of anilines is 2. The van der Waals surface area contributed by atoms with Crippen LogP contribution in [-0.4, -0.2) is 30.8 Å². The first kappa shape index (κ1) is 20.1. The van der Waals surface area contributed by atoms with Gasteiger partial charge in [0.1, 0.15) is 12.4 Å².